The van der Waals surface area contributed by atoms with E-state index < -0.39 is 0 Å². The predicted molar refractivity (Wildman–Crippen MR) is 92.7 cm³/mol. The number of hydrogen-bond donors (Lipinski definition) is 0. The van der Waals surface area contributed by atoms with E-state index in [0.29, 0.717) is 18.7 Å². The van der Waals surface area contributed by atoms with Gasteiger partial charge in [-0.1, -0.05) is 0 Å². The highest BCUT2D eigenvalue weighted by molar-refractivity contribution is 5.82. The minimum absolute atomic E-state index is 0.182. The molecule has 6 heteroatoms. The fraction of sp³-hybridized carbons (Fsp3) is 0.778. The van der Waals surface area contributed by atoms with E-state index in [1.54, 1.807) is 0 Å². The van der Waals surface area contributed by atoms with Gasteiger partial charge in [-0.3, -0.25) is 14.4 Å². The molecule has 1 aromatic heterocycles. The Morgan fingerprint density at radius 2 is 2.25 bits per heavy atom. The van der Waals surface area contributed by atoms with Gasteiger partial charge in [-0.25, -0.2) is 0 Å². The average molecular weight is 334 g/mol. The molecule has 3 rings (SSSR count). The van der Waals surface area contributed by atoms with Crippen LogP contribution in [0.4, 0.5) is 0 Å². The maximum absolute atomic E-state index is 13.0. The van der Waals surface area contributed by atoms with Crippen molar-refractivity contribution in [1.29, 1.82) is 0 Å². The van der Waals surface area contributed by atoms with Gasteiger partial charge in [0.1, 0.15) is 6.10 Å². The zero-order valence-corrected chi connectivity index (χ0v) is 15.3. The highest BCUT2D eigenvalue weighted by Crippen LogP contribution is 2.29. The molecular weight excluding hydrogens is 304 g/mol. The van der Waals surface area contributed by atoms with Gasteiger partial charge in [0.25, 0.3) is 5.91 Å². The Labute approximate surface area is 144 Å². The third-order valence-corrected chi connectivity index (χ3v) is 5.54. The molecule has 0 radical (unpaired) electrons. The van der Waals surface area contributed by atoms with Crippen molar-refractivity contribution in [2.45, 2.75) is 63.8 Å². The number of likely N-dealkylation sites (tertiary alicyclic amines) is 1. The van der Waals surface area contributed by atoms with Crippen LogP contribution in [0.15, 0.2) is 12.4 Å². The molecule has 1 amide bonds. The van der Waals surface area contributed by atoms with Crippen LogP contribution in [0.1, 0.15) is 38.7 Å². The Morgan fingerprint density at radius 3 is 2.83 bits per heavy atom. The van der Waals surface area contributed by atoms with E-state index in [4.69, 9.17) is 4.74 Å². The van der Waals surface area contributed by atoms with E-state index in [2.05, 4.69) is 42.0 Å². The predicted octanol–water partition coefficient (Wildman–Crippen LogP) is 1.45. The second-order valence-electron chi connectivity index (χ2n) is 7.44. The van der Waals surface area contributed by atoms with Gasteiger partial charge in [0.15, 0.2) is 0 Å². The monoisotopic (exact) mass is 334 g/mol. The van der Waals surface area contributed by atoms with Crippen molar-refractivity contribution in [1.82, 2.24) is 19.6 Å². The summed E-state index contributed by atoms with van der Waals surface area (Å²) in [6.45, 7) is 5.97. The maximum atomic E-state index is 13.0. The first-order valence-corrected chi connectivity index (χ1v) is 9.09. The van der Waals surface area contributed by atoms with Crippen molar-refractivity contribution in [3.8, 4) is 0 Å². The van der Waals surface area contributed by atoms with E-state index in [-0.39, 0.29) is 18.1 Å². The van der Waals surface area contributed by atoms with Crippen LogP contribution in [0.5, 0.6) is 0 Å². The van der Waals surface area contributed by atoms with Crippen LogP contribution in [-0.2, 0) is 23.0 Å². The Morgan fingerprint density at radius 1 is 1.46 bits per heavy atom. The van der Waals surface area contributed by atoms with Gasteiger partial charge in [0.05, 0.1) is 12.2 Å². The number of aryl methyl sites for hydroxylation is 1. The first kappa shape index (κ1) is 17.4. The molecule has 2 saturated heterocycles. The van der Waals surface area contributed by atoms with Gasteiger partial charge in [-0.05, 0) is 52.1 Å². The van der Waals surface area contributed by atoms with Crippen molar-refractivity contribution in [3.63, 3.8) is 0 Å². The number of ether oxygens (including phenoxy) is 1. The molecule has 1 aromatic rings. The molecule has 134 valence electrons. The van der Waals surface area contributed by atoms with Crippen LogP contribution in [-0.4, -0.2) is 69.9 Å². The quantitative estimate of drug-likeness (QED) is 0.818. The van der Waals surface area contributed by atoms with Gasteiger partial charge < -0.3 is 9.64 Å². The summed E-state index contributed by atoms with van der Waals surface area (Å²) in [6, 6.07) is 1.04. The lowest BCUT2D eigenvalue weighted by Crippen LogP contribution is -2.50. The Bertz CT molecular complexity index is 565. The summed E-state index contributed by atoms with van der Waals surface area (Å²) in [5.41, 5.74) is 1.19. The summed E-state index contributed by atoms with van der Waals surface area (Å²) in [7, 11) is 4.11. The van der Waals surface area contributed by atoms with Gasteiger partial charge >= 0.3 is 0 Å². The van der Waals surface area contributed by atoms with E-state index in [9.17, 15) is 4.79 Å². The largest absolute Gasteiger partial charge is 0.368 e. The zero-order valence-electron chi connectivity index (χ0n) is 15.3. The normalized spacial score (nSPS) is 27.6. The number of amides is 1. The van der Waals surface area contributed by atoms with E-state index >= 15 is 0 Å². The molecule has 0 bridgehead atoms. The van der Waals surface area contributed by atoms with Crippen LogP contribution >= 0.6 is 0 Å². The number of carbonyl (C=O) groups excluding carboxylic acids is 1. The summed E-state index contributed by atoms with van der Waals surface area (Å²) in [4.78, 5) is 17.4. The molecule has 0 unspecified atom stereocenters. The summed E-state index contributed by atoms with van der Waals surface area (Å²) >= 11 is 0. The molecule has 0 N–H and O–H groups in total. The topological polar surface area (TPSA) is 50.6 Å². The molecular formula is C18H30N4O2. The van der Waals surface area contributed by atoms with Gasteiger partial charge in [0.2, 0.25) is 0 Å². The number of likely N-dealkylation sites (N-methyl/N-ethyl adjacent to an activating group) is 1. The summed E-state index contributed by atoms with van der Waals surface area (Å²) in [6.07, 6.45) is 7.47. The lowest BCUT2D eigenvalue weighted by atomic mass is 9.99. The number of hydrogen-bond acceptors (Lipinski definition) is 4. The van der Waals surface area contributed by atoms with Gasteiger partial charge in [-0.2, -0.15) is 5.10 Å². The van der Waals surface area contributed by atoms with Crippen LogP contribution < -0.4 is 0 Å². The second-order valence-corrected chi connectivity index (χ2v) is 7.44. The SMILES string of the molecule is CC(C)N(C)[C@@H]1CCN(C(=O)[C@H]2CCCO2)[C@H]1Cc1cnn(C)c1. The molecule has 0 saturated carbocycles. The molecule has 6 nitrogen and oxygen atoms in total. The molecule has 24 heavy (non-hydrogen) atoms. The Balaban J connectivity index is 1.79. The molecule has 2 fully saturated rings. The van der Waals surface area contributed by atoms with Gasteiger partial charge in [-0.15, -0.1) is 0 Å². The highest BCUT2D eigenvalue weighted by Gasteiger charge is 2.42. The average Bonchev–Trinajstić information content (AvgIpc) is 3.27. The molecule has 2 aliphatic heterocycles. The fourth-order valence-electron chi connectivity index (χ4n) is 3.99. The molecule has 0 aliphatic carbocycles. The molecule has 3 atom stereocenters. The third-order valence-electron chi connectivity index (χ3n) is 5.54. The summed E-state index contributed by atoms with van der Waals surface area (Å²) in [5.74, 6) is 0.182. The molecule has 2 aliphatic rings. The van der Waals surface area contributed by atoms with Crippen LogP contribution in [0.3, 0.4) is 0 Å². The second kappa shape index (κ2) is 7.23. The number of aromatic nitrogens is 2. The summed E-state index contributed by atoms with van der Waals surface area (Å²) in [5, 5.41) is 4.29. The van der Waals surface area contributed by atoms with Gasteiger partial charge in [0, 0.05) is 38.5 Å². The van der Waals surface area contributed by atoms with Crippen molar-refractivity contribution in [3.05, 3.63) is 18.0 Å². The Kier molecular flexibility index (Phi) is 5.25. The number of nitrogens with zero attached hydrogens (tertiary/aromatic N) is 4. The molecule has 0 aromatic carbocycles. The maximum Gasteiger partial charge on any atom is 0.252 e. The van der Waals surface area contributed by atoms with Crippen molar-refractivity contribution < 1.29 is 9.53 Å². The third kappa shape index (κ3) is 3.49. The number of carbonyl (C=O) groups is 1. The molecule has 3 heterocycles. The smallest absolute Gasteiger partial charge is 0.252 e. The van der Waals surface area contributed by atoms with E-state index in [0.717, 1.165) is 32.2 Å². The van der Waals surface area contributed by atoms with Crippen molar-refractivity contribution >= 4 is 5.91 Å². The van der Waals surface area contributed by atoms with Crippen LogP contribution in [0, 0.1) is 0 Å². The first-order chi connectivity index (χ1) is 11.5. The van der Waals surface area contributed by atoms with Crippen LogP contribution in [0.25, 0.3) is 0 Å². The zero-order chi connectivity index (χ0) is 17.3. The lowest BCUT2D eigenvalue weighted by molar-refractivity contribution is -0.142. The van der Waals surface area contributed by atoms with Crippen molar-refractivity contribution in [2.75, 3.05) is 20.2 Å². The standard InChI is InChI=1S/C18H30N4O2/c1-13(2)21(4)15-7-8-22(18(23)17-6-5-9-24-17)16(15)10-14-11-19-20(3)12-14/h11-13,15-17H,5-10H2,1-4H3/t15-,16+,17-/m1/s1. The van der Waals surface area contributed by atoms with E-state index in [1.807, 2.05) is 17.9 Å². The fourth-order valence-corrected chi connectivity index (χ4v) is 3.99. The molecule has 0 spiro atoms. The van der Waals surface area contributed by atoms with Crippen LogP contribution in [0.2, 0.25) is 0 Å². The lowest BCUT2D eigenvalue weighted by Gasteiger charge is -2.36. The highest BCUT2D eigenvalue weighted by atomic mass is 16.5. The first-order valence-electron chi connectivity index (χ1n) is 9.09. The number of rotatable bonds is 5. The minimum atomic E-state index is -0.232. The summed E-state index contributed by atoms with van der Waals surface area (Å²) < 4.78 is 7.48. The van der Waals surface area contributed by atoms with E-state index in [1.165, 1.54) is 5.56 Å². The van der Waals surface area contributed by atoms with Crippen molar-refractivity contribution in [2.24, 2.45) is 7.05 Å². The Hall–Kier alpha value is -1.40. The minimum Gasteiger partial charge on any atom is -0.368 e.